The first kappa shape index (κ1) is 17.8. The van der Waals surface area contributed by atoms with Crippen LogP contribution in [0, 0.1) is 14.3 Å². The third kappa shape index (κ3) is 3.54. The topological polar surface area (TPSA) is 54.4 Å². The van der Waals surface area contributed by atoms with Crippen molar-refractivity contribution >= 4 is 102 Å². The molecule has 0 amide bonds. The van der Waals surface area contributed by atoms with Crippen molar-refractivity contribution in [1.82, 2.24) is 0 Å². The molecule has 0 aromatic heterocycles. The van der Waals surface area contributed by atoms with E-state index in [1.54, 1.807) is 24.3 Å². The normalized spacial score (nSPS) is 10.5. The summed E-state index contributed by atoms with van der Waals surface area (Å²) >= 11 is 8.30. The van der Waals surface area contributed by atoms with Crippen molar-refractivity contribution < 1.29 is 14.7 Å². The van der Waals surface area contributed by atoms with Gasteiger partial charge in [0.2, 0.25) is 0 Å². The Morgan fingerprint density at radius 3 is 1.71 bits per heavy atom. The third-order valence-corrected chi connectivity index (χ3v) is 10.2. The lowest BCUT2D eigenvalue weighted by Crippen LogP contribution is -2.16. The van der Waals surface area contributed by atoms with E-state index >= 15 is 0 Å². The highest BCUT2D eigenvalue weighted by atomic mass is 127. The molecule has 0 fully saturated rings. The number of aromatic carboxylic acids is 1. The minimum atomic E-state index is -1.08. The number of hydrogen-bond donors (Lipinski definition) is 1. The Kier molecular flexibility index (Phi) is 6.27. The summed E-state index contributed by atoms with van der Waals surface area (Å²) in [4.78, 5) is 24.4. The van der Waals surface area contributed by atoms with Gasteiger partial charge in [0.1, 0.15) is 0 Å². The van der Waals surface area contributed by atoms with E-state index in [9.17, 15) is 14.7 Å². The van der Waals surface area contributed by atoms with Gasteiger partial charge in [0, 0.05) is 19.8 Å². The second-order valence-electron chi connectivity index (χ2n) is 4.01. The van der Waals surface area contributed by atoms with Crippen molar-refractivity contribution in [3.05, 3.63) is 61.3 Å². The number of rotatable bonds is 3. The van der Waals surface area contributed by atoms with Gasteiger partial charge in [-0.15, -0.1) is 0 Å². The lowest BCUT2D eigenvalue weighted by molar-refractivity contribution is 0.0691. The number of benzene rings is 2. The van der Waals surface area contributed by atoms with E-state index in [1.807, 2.05) is 51.2 Å². The molecule has 0 radical (unpaired) electrons. The van der Waals surface area contributed by atoms with Crippen LogP contribution in [0.25, 0.3) is 0 Å². The van der Waals surface area contributed by atoms with Gasteiger partial charge in [-0.05, 0) is 90.4 Å². The van der Waals surface area contributed by atoms with E-state index in [0.29, 0.717) is 12.7 Å². The number of carbonyl (C=O) groups excluding carboxylic acids is 1. The van der Waals surface area contributed by atoms with Crippen molar-refractivity contribution in [2.45, 2.75) is 0 Å². The average Bonchev–Trinajstić information content (AvgIpc) is 2.48. The highest BCUT2D eigenvalue weighted by Crippen LogP contribution is 2.34. The molecule has 0 aliphatic carbocycles. The van der Waals surface area contributed by atoms with E-state index in [0.717, 1.165) is 7.14 Å². The molecule has 2 aromatic rings. The summed E-state index contributed by atoms with van der Waals surface area (Å²) < 4.78 is 3.05. The number of carboxylic acids is 1. The van der Waals surface area contributed by atoms with E-state index in [2.05, 4.69) is 45.2 Å². The molecule has 2 rings (SSSR count). The molecule has 0 aliphatic rings. The van der Waals surface area contributed by atoms with Crippen LogP contribution in [0.2, 0.25) is 0 Å². The molecule has 3 nitrogen and oxygen atoms in total. The Balaban J connectivity index is 2.80. The summed E-state index contributed by atoms with van der Waals surface area (Å²) in [5, 5.41) is 9.52. The standard InChI is InChI=1S/C14H6I4O3/c15-9-7(13(19)6-4-2-1-3-5-6)8(14(20)21)10(16)12(18)11(9)17/h1-5H,(H,20,21). The van der Waals surface area contributed by atoms with Crippen LogP contribution in [-0.2, 0) is 0 Å². The molecule has 108 valence electrons. The first-order valence-corrected chi connectivity index (χ1v) is 9.86. The fourth-order valence-electron chi connectivity index (χ4n) is 1.78. The van der Waals surface area contributed by atoms with Gasteiger partial charge in [0.05, 0.1) is 11.1 Å². The summed E-state index contributed by atoms with van der Waals surface area (Å²) in [6.07, 6.45) is 0. The van der Waals surface area contributed by atoms with Crippen LogP contribution < -0.4 is 0 Å². The largest absolute Gasteiger partial charge is 0.478 e. The predicted molar refractivity (Wildman–Crippen MR) is 114 cm³/mol. The van der Waals surface area contributed by atoms with Gasteiger partial charge < -0.3 is 5.11 Å². The summed E-state index contributed by atoms with van der Waals surface area (Å²) in [6.45, 7) is 0. The van der Waals surface area contributed by atoms with Gasteiger partial charge in [0.15, 0.2) is 5.78 Å². The predicted octanol–water partition coefficient (Wildman–Crippen LogP) is 5.03. The minimum Gasteiger partial charge on any atom is -0.478 e. The molecule has 0 unspecified atom stereocenters. The smallest absolute Gasteiger partial charge is 0.337 e. The number of carbonyl (C=O) groups is 2. The Bertz CT molecular complexity index is 742. The number of hydrogen-bond acceptors (Lipinski definition) is 2. The van der Waals surface area contributed by atoms with Crippen molar-refractivity contribution in [3.63, 3.8) is 0 Å². The van der Waals surface area contributed by atoms with Crippen molar-refractivity contribution in [2.24, 2.45) is 0 Å². The molecule has 0 saturated carbocycles. The molecule has 0 saturated heterocycles. The van der Waals surface area contributed by atoms with Gasteiger partial charge in [-0.1, -0.05) is 30.3 Å². The van der Waals surface area contributed by atoms with Crippen molar-refractivity contribution in [2.75, 3.05) is 0 Å². The van der Waals surface area contributed by atoms with Crippen LogP contribution in [0.4, 0.5) is 0 Å². The lowest BCUT2D eigenvalue weighted by Gasteiger charge is -2.14. The van der Waals surface area contributed by atoms with Gasteiger partial charge >= 0.3 is 5.97 Å². The molecule has 21 heavy (non-hydrogen) atoms. The van der Waals surface area contributed by atoms with Crippen LogP contribution in [0.3, 0.4) is 0 Å². The zero-order chi connectivity index (χ0) is 15.7. The quantitative estimate of drug-likeness (QED) is 0.209. The molecule has 0 aliphatic heterocycles. The maximum atomic E-state index is 12.7. The Morgan fingerprint density at radius 1 is 0.762 bits per heavy atom. The minimum absolute atomic E-state index is 0.0821. The molecular weight excluding hydrogens is 724 g/mol. The Labute approximate surface area is 175 Å². The summed E-state index contributed by atoms with van der Waals surface area (Å²) in [7, 11) is 0. The molecule has 0 heterocycles. The van der Waals surface area contributed by atoms with Gasteiger partial charge in [0.25, 0.3) is 0 Å². The Hall–Kier alpha value is 0.500. The highest BCUT2D eigenvalue weighted by Gasteiger charge is 2.28. The Morgan fingerprint density at radius 2 is 1.24 bits per heavy atom. The zero-order valence-corrected chi connectivity index (χ0v) is 18.8. The molecule has 1 N–H and O–H groups in total. The lowest BCUT2D eigenvalue weighted by atomic mass is 9.98. The monoisotopic (exact) mass is 730 g/mol. The van der Waals surface area contributed by atoms with Crippen LogP contribution in [0.1, 0.15) is 26.3 Å². The number of halogens is 4. The second-order valence-corrected chi connectivity index (χ2v) is 8.32. The van der Waals surface area contributed by atoms with Crippen LogP contribution in [-0.4, -0.2) is 16.9 Å². The molecule has 2 aromatic carbocycles. The summed E-state index contributed by atoms with van der Waals surface area (Å²) in [5.74, 6) is -1.34. The third-order valence-electron chi connectivity index (χ3n) is 2.74. The van der Waals surface area contributed by atoms with Crippen LogP contribution >= 0.6 is 90.4 Å². The number of ketones is 1. The second kappa shape index (κ2) is 7.38. The van der Waals surface area contributed by atoms with E-state index < -0.39 is 5.97 Å². The average molecular weight is 730 g/mol. The zero-order valence-electron chi connectivity index (χ0n) is 10.2. The molecule has 7 heteroatoms. The maximum absolute atomic E-state index is 12.7. The highest BCUT2D eigenvalue weighted by molar-refractivity contribution is 14.1. The number of carboxylic acid groups (broad SMARTS) is 1. The van der Waals surface area contributed by atoms with E-state index in [4.69, 9.17) is 0 Å². The fraction of sp³-hybridized carbons (Fsp3) is 0. The molecule has 0 atom stereocenters. The van der Waals surface area contributed by atoms with Gasteiger partial charge in [-0.3, -0.25) is 4.79 Å². The fourth-order valence-corrected chi connectivity index (χ4v) is 5.44. The first-order chi connectivity index (χ1) is 9.86. The maximum Gasteiger partial charge on any atom is 0.337 e. The van der Waals surface area contributed by atoms with E-state index in [-0.39, 0.29) is 16.9 Å². The molecular formula is C14H6I4O3. The van der Waals surface area contributed by atoms with Crippen LogP contribution in [0.15, 0.2) is 30.3 Å². The van der Waals surface area contributed by atoms with Gasteiger partial charge in [-0.25, -0.2) is 4.79 Å². The van der Waals surface area contributed by atoms with E-state index in [1.165, 1.54) is 0 Å². The SMILES string of the molecule is O=C(O)c1c(I)c(I)c(I)c(I)c1C(=O)c1ccccc1. The summed E-state index contributed by atoms with van der Waals surface area (Å²) in [6, 6.07) is 8.75. The first-order valence-electron chi connectivity index (χ1n) is 5.55. The molecule has 0 spiro atoms. The summed E-state index contributed by atoms with van der Waals surface area (Å²) in [5.41, 5.74) is 0.841. The van der Waals surface area contributed by atoms with Gasteiger partial charge in [-0.2, -0.15) is 0 Å². The van der Waals surface area contributed by atoms with Crippen molar-refractivity contribution in [3.8, 4) is 0 Å². The van der Waals surface area contributed by atoms with Crippen molar-refractivity contribution in [1.29, 1.82) is 0 Å². The molecule has 0 bridgehead atoms. The van der Waals surface area contributed by atoms with Crippen LogP contribution in [0.5, 0.6) is 0 Å².